The summed E-state index contributed by atoms with van der Waals surface area (Å²) in [6.45, 7) is 9.03. The minimum atomic E-state index is -0.0829. The number of aromatic nitrogens is 2. The van der Waals surface area contributed by atoms with Gasteiger partial charge in [-0.15, -0.1) is 11.8 Å². The average molecular weight is 303 g/mol. The molecule has 0 radical (unpaired) electrons. The molecule has 0 aliphatic rings. The summed E-state index contributed by atoms with van der Waals surface area (Å²) in [5.74, 6) is 0.905. The van der Waals surface area contributed by atoms with Crippen LogP contribution in [-0.4, -0.2) is 21.2 Å². The van der Waals surface area contributed by atoms with Crippen molar-refractivity contribution in [3.05, 3.63) is 41.3 Å². The maximum absolute atomic E-state index is 12.4. The fraction of sp³-hybridized carbons (Fsp3) is 0.375. The zero-order valence-corrected chi connectivity index (χ0v) is 13.8. The number of carbonyl (C=O) groups is 1. The molecule has 0 spiro atoms. The Bertz CT molecular complexity index is 632. The predicted molar refractivity (Wildman–Crippen MR) is 88.2 cm³/mol. The van der Waals surface area contributed by atoms with E-state index in [1.54, 1.807) is 18.0 Å². The van der Waals surface area contributed by atoms with Crippen LogP contribution in [0.1, 0.15) is 35.6 Å². The molecule has 2 aromatic rings. The topological polar surface area (TPSA) is 46.9 Å². The quantitative estimate of drug-likeness (QED) is 0.853. The van der Waals surface area contributed by atoms with Crippen molar-refractivity contribution >= 4 is 23.4 Å². The smallest absolute Gasteiger partial charge is 0.257 e. The third kappa shape index (κ3) is 3.47. The van der Waals surface area contributed by atoms with Crippen molar-refractivity contribution in [2.24, 2.45) is 0 Å². The van der Waals surface area contributed by atoms with Crippen molar-refractivity contribution in [3.63, 3.8) is 0 Å². The van der Waals surface area contributed by atoms with Gasteiger partial charge in [0.15, 0.2) is 0 Å². The Balaban J connectivity index is 2.14. The van der Waals surface area contributed by atoms with E-state index < -0.39 is 0 Å². The second-order valence-corrected chi connectivity index (χ2v) is 6.09. The normalized spacial score (nSPS) is 10.7. The molecule has 1 N–H and O–H groups in total. The summed E-state index contributed by atoms with van der Waals surface area (Å²) in [6, 6.07) is 5.75. The Labute approximate surface area is 130 Å². The molecule has 21 heavy (non-hydrogen) atoms. The van der Waals surface area contributed by atoms with E-state index in [9.17, 15) is 4.79 Å². The molecule has 0 saturated carbocycles. The minimum absolute atomic E-state index is 0.0829. The Hall–Kier alpha value is -1.75. The summed E-state index contributed by atoms with van der Waals surface area (Å²) < 4.78 is 2.13. The van der Waals surface area contributed by atoms with Crippen molar-refractivity contribution in [1.29, 1.82) is 0 Å². The number of rotatable bonds is 5. The molecular weight excluding hydrogens is 282 g/mol. The monoisotopic (exact) mass is 303 g/mol. The van der Waals surface area contributed by atoms with Crippen LogP contribution in [-0.2, 0) is 6.54 Å². The largest absolute Gasteiger partial charge is 0.349 e. The first-order valence-corrected chi connectivity index (χ1v) is 8.12. The lowest BCUT2D eigenvalue weighted by Gasteiger charge is -2.07. The predicted octanol–water partition coefficient (Wildman–Crippen LogP) is 3.88. The van der Waals surface area contributed by atoms with Crippen molar-refractivity contribution in [1.82, 2.24) is 9.55 Å². The fourth-order valence-corrected chi connectivity index (χ4v) is 2.99. The van der Waals surface area contributed by atoms with Crippen LogP contribution in [0, 0.1) is 13.8 Å². The first-order chi connectivity index (χ1) is 10.1. The van der Waals surface area contributed by atoms with Gasteiger partial charge in [0.2, 0.25) is 0 Å². The first-order valence-electron chi connectivity index (χ1n) is 7.13. The van der Waals surface area contributed by atoms with E-state index >= 15 is 0 Å². The standard InChI is InChI=1S/C16H21N3OS/c1-5-19-11(3)9-14(12(19)4)16(20)18-13-7-8-15(17-10-13)21-6-2/h7-10H,5-6H2,1-4H3,(H,18,20). The number of pyridine rings is 1. The van der Waals surface area contributed by atoms with Crippen LogP contribution >= 0.6 is 11.8 Å². The third-order valence-corrected chi connectivity index (χ3v) is 4.25. The van der Waals surface area contributed by atoms with Crippen LogP contribution in [0.15, 0.2) is 29.4 Å². The molecule has 0 unspecified atom stereocenters. The molecule has 0 atom stereocenters. The van der Waals surface area contributed by atoms with Crippen molar-refractivity contribution in [2.45, 2.75) is 39.3 Å². The summed E-state index contributed by atoms with van der Waals surface area (Å²) in [6.07, 6.45) is 1.70. The molecule has 2 heterocycles. The maximum atomic E-state index is 12.4. The Morgan fingerprint density at radius 2 is 2.10 bits per heavy atom. The second-order valence-electron chi connectivity index (χ2n) is 4.80. The SMILES string of the molecule is CCSc1ccc(NC(=O)c2cc(C)n(CC)c2C)cn1. The van der Waals surface area contributed by atoms with Crippen molar-refractivity contribution in [2.75, 3.05) is 11.1 Å². The van der Waals surface area contributed by atoms with Gasteiger partial charge in [0, 0.05) is 17.9 Å². The summed E-state index contributed by atoms with van der Waals surface area (Å²) in [5, 5.41) is 3.88. The van der Waals surface area contributed by atoms with Gasteiger partial charge in [-0.25, -0.2) is 4.98 Å². The molecule has 1 amide bonds. The number of anilines is 1. The maximum Gasteiger partial charge on any atom is 0.257 e. The first kappa shape index (κ1) is 15.6. The minimum Gasteiger partial charge on any atom is -0.349 e. The number of hydrogen-bond donors (Lipinski definition) is 1. The second kappa shape index (κ2) is 6.80. The van der Waals surface area contributed by atoms with Gasteiger partial charge in [-0.3, -0.25) is 4.79 Å². The van der Waals surface area contributed by atoms with E-state index in [0.717, 1.165) is 40.0 Å². The third-order valence-electron chi connectivity index (χ3n) is 3.42. The van der Waals surface area contributed by atoms with Gasteiger partial charge in [-0.05, 0) is 44.7 Å². The zero-order chi connectivity index (χ0) is 15.4. The Morgan fingerprint density at radius 1 is 1.33 bits per heavy atom. The molecule has 112 valence electrons. The van der Waals surface area contributed by atoms with Crippen LogP contribution in [0.3, 0.4) is 0 Å². The number of carbonyl (C=O) groups excluding carboxylic acids is 1. The van der Waals surface area contributed by atoms with Crippen molar-refractivity contribution < 1.29 is 4.79 Å². The molecule has 5 heteroatoms. The molecule has 0 aromatic carbocycles. The number of hydrogen-bond acceptors (Lipinski definition) is 3. The van der Waals surface area contributed by atoms with E-state index in [2.05, 4.69) is 28.7 Å². The Kier molecular flexibility index (Phi) is 5.07. The Morgan fingerprint density at radius 3 is 2.62 bits per heavy atom. The average Bonchev–Trinajstić information content (AvgIpc) is 2.76. The highest BCUT2D eigenvalue weighted by molar-refractivity contribution is 7.99. The molecule has 0 saturated heterocycles. The van der Waals surface area contributed by atoms with Gasteiger partial charge in [-0.1, -0.05) is 6.92 Å². The van der Waals surface area contributed by atoms with Crippen molar-refractivity contribution in [3.8, 4) is 0 Å². The number of aryl methyl sites for hydroxylation is 1. The molecule has 2 aromatic heterocycles. The highest BCUT2D eigenvalue weighted by Crippen LogP contribution is 2.19. The van der Waals surface area contributed by atoms with Crippen LogP contribution in [0.4, 0.5) is 5.69 Å². The summed E-state index contributed by atoms with van der Waals surface area (Å²) in [4.78, 5) is 16.7. The molecule has 4 nitrogen and oxygen atoms in total. The van der Waals surface area contributed by atoms with Gasteiger partial charge in [0.05, 0.1) is 22.5 Å². The molecule has 0 bridgehead atoms. The summed E-state index contributed by atoms with van der Waals surface area (Å²) in [5.41, 5.74) is 3.55. The van der Waals surface area contributed by atoms with E-state index in [1.807, 2.05) is 32.0 Å². The summed E-state index contributed by atoms with van der Waals surface area (Å²) >= 11 is 1.68. The van der Waals surface area contributed by atoms with Gasteiger partial charge in [0.25, 0.3) is 5.91 Å². The number of amides is 1. The highest BCUT2D eigenvalue weighted by Gasteiger charge is 2.15. The fourth-order valence-electron chi connectivity index (χ4n) is 2.40. The van der Waals surface area contributed by atoms with Crippen LogP contribution in [0.5, 0.6) is 0 Å². The molecule has 0 aliphatic heterocycles. The number of thioether (sulfide) groups is 1. The van der Waals surface area contributed by atoms with E-state index in [-0.39, 0.29) is 5.91 Å². The lowest BCUT2D eigenvalue weighted by atomic mass is 10.2. The molecule has 0 aliphatic carbocycles. The number of nitrogens with one attached hydrogen (secondary N) is 1. The van der Waals surface area contributed by atoms with Crippen LogP contribution < -0.4 is 5.32 Å². The summed E-state index contributed by atoms with van der Waals surface area (Å²) in [7, 11) is 0. The lowest BCUT2D eigenvalue weighted by Crippen LogP contribution is -2.13. The lowest BCUT2D eigenvalue weighted by molar-refractivity contribution is 0.102. The van der Waals surface area contributed by atoms with E-state index in [0.29, 0.717) is 0 Å². The van der Waals surface area contributed by atoms with Crippen LogP contribution in [0.25, 0.3) is 0 Å². The van der Waals surface area contributed by atoms with E-state index in [4.69, 9.17) is 0 Å². The van der Waals surface area contributed by atoms with Gasteiger partial charge in [0.1, 0.15) is 0 Å². The molecule has 0 fully saturated rings. The van der Waals surface area contributed by atoms with Crippen LogP contribution in [0.2, 0.25) is 0 Å². The van der Waals surface area contributed by atoms with E-state index in [1.165, 1.54) is 0 Å². The zero-order valence-electron chi connectivity index (χ0n) is 12.9. The van der Waals surface area contributed by atoms with Gasteiger partial charge < -0.3 is 9.88 Å². The molecule has 2 rings (SSSR count). The van der Waals surface area contributed by atoms with Gasteiger partial charge >= 0.3 is 0 Å². The number of nitrogens with zero attached hydrogens (tertiary/aromatic N) is 2. The van der Waals surface area contributed by atoms with Gasteiger partial charge in [-0.2, -0.15) is 0 Å². The highest BCUT2D eigenvalue weighted by atomic mass is 32.2. The molecular formula is C16H21N3OS.